The molecule has 2 aromatic rings. The van der Waals surface area contributed by atoms with E-state index in [0.717, 1.165) is 42.2 Å². The molecule has 0 aliphatic rings. The quantitative estimate of drug-likeness (QED) is 0.855. The van der Waals surface area contributed by atoms with Crippen molar-refractivity contribution in [1.29, 1.82) is 0 Å². The van der Waals surface area contributed by atoms with Gasteiger partial charge in [-0.3, -0.25) is 9.67 Å². The topological polar surface area (TPSA) is 42.7 Å². The Labute approximate surface area is 131 Å². The number of nitrogens with zero attached hydrogens (tertiary/aromatic N) is 3. The van der Waals surface area contributed by atoms with Gasteiger partial charge in [-0.2, -0.15) is 5.10 Å². The summed E-state index contributed by atoms with van der Waals surface area (Å²) in [5.74, 6) is 0. The van der Waals surface area contributed by atoms with Crippen molar-refractivity contribution in [2.24, 2.45) is 7.05 Å². The molecule has 1 N–H and O–H groups in total. The lowest BCUT2D eigenvalue weighted by Gasteiger charge is -2.18. The summed E-state index contributed by atoms with van der Waals surface area (Å²) >= 11 is 6.36. The molecule has 21 heavy (non-hydrogen) atoms. The van der Waals surface area contributed by atoms with Crippen LogP contribution in [-0.4, -0.2) is 27.4 Å². The summed E-state index contributed by atoms with van der Waals surface area (Å²) in [6.07, 6.45) is 6.69. The van der Waals surface area contributed by atoms with Crippen LogP contribution in [0.1, 0.15) is 30.3 Å². The molecule has 2 heterocycles. The van der Waals surface area contributed by atoms with Gasteiger partial charge < -0.3 is 5.32 Å². The Morgan fingerprint density at radius 1 is 1.33 bits per heavy atom. The molecule has 2 aromatic heterocycles. The van der Waals surface area contributed by atoms with Crippen molar-refractivity contribution >= 4 is 11.6 Å². The van der Waals surface area contributed by atoms with Gasteiger partial charge in [0.25, 0.3) is 0 Å². The molecule has 114 valence electrons. The largest absolute Gasteiger partial charge is 0.314 e. The summed E-state index contributed by atoms with van der Waals surface area (Å²) in [5.41, 5.74) is 3.33. The van der Waals surface area contributed by atoms with E-state index >= 15 is 0 Å². The molecule has 0 bridgehead atoms. The van der Waals surface area contributed by atoms with Gasteiger partial charge in [0.1, 0.15) is 0 Å². The summed E-state index contributed by atoms with van der Waals surface area (Å²) in [6, 6.07) is 4.55. The van der Waals surface area contributed by atoms with Gasteiger partial charge in [0.15, 0.2) is 0 Å². The molecular weight excluding hydrogens is 284 g/mol. The van der Waals surface area contributed by atoms with Crippen molar-refractivity contribution in [1.82, 2.24) is 20.1 Å². The third kappa shape index (κ3) is 4.29. The summed E-state index contributed by atoms with van der Waals surface area (Å²) in [5, 5.41) is 8.74. The molecule has 5 heteroatoms. The molecule has 2 rings (SSSR count). The highest BCUT2D eigenvalue weighted by Crippen LogP contribution is 2.21. The normalized spacial score (nSPS) is 12.6. The molecule has 0 amide bonds. The maximum absolute atomic E-state index is 6.36. The van der Waals surface area contributed by atoms with Crippen molar-refractivity contribution in [2.75, 3.05) is 6.54 Å². The van der Waals surface area contributed by atoms with E-state index < -0.39 is 0 Å². The summed E-state index contributed by atoms with van der Waals surface area (Å²) in [7, 11) is 1.96. The van der Waals surface area contributed by atoms with Crippen LogP contribution in [0.4, 0.5) is 0 Å². The van der Waals surface area contributed by atoms with E-state index in [1.165, 1.54) is 5.56 Å². The summed E-state index contributed by atoms with van der Waals surface area (Å²) < 4.78 is 1.90. The SMILES string of the molecule is CCNC(CCc1ccncc1)Cc1c(Cl)c(C)nn1C. The zero-order valence-corrected chi connectivity index (χ0v) is 13.7. The van der Waals surface area contributed by atoms with Gasteiger partial charge in [0.2, 0.25) is 0 Å². The number of aromatic nitrogens is 3. The number of hydrogen-bond donors (Lipinski definition) is 1. The predicted molar refractivity (Wildman–Crippen MR) is 86.7 cm³/mol. The standard InChI is InChI=1S/C16H23ClN4/c1-4-19-14(6-5-13-7-9-18-10-8-13)11-15-16(17)12(2)20-21(15)3/h7-10,14,19H,4-6,11H2,1-3H3. The molecule has 0 radical (unpaired) electrons. The maximum atomic E-state index is 6.36. The number of halogens is 1. The number of hydrogen-bond acceptors (Lipinski definition) is 3. The van der Waals surface area contributed by atoms with E-state index in [1.54, 1.807) is 0 Å². The van der Waals surface area contributed by atoms with Crippen molar-refractivity contribution in [2.45, 2.75) is 39.2 Å². The minimum Gasteiger partial charge on any atom is -0.314 e. The molecule has 0 aliphatic heterocycles. The van der Waals surface area contributed by atoms with Gasteiger partial charge in [-0.05, 0) is 44.0 Å². The minimum atomic E-state index is 0.399. The van der Waals surface area contributed by atoms with Crippen LogP contribution in [0.5, 0.6) is 0 Å². The van der Waals surface area contributed by atoms with Crippen LogP contribution in [0, 0.1) is 6.92 Å². The molecule has 1 atom stereocenters. The van der Waals surface area contributed by atoms with Crippen LogP contribution in [-0.2, 0) is 19.9 Å². The molecule has 0 aliphatic carbocycles. The van der Waals surface area contributed by atoms with Crippen LogP contribution in [0.25, 0.3) is 0 Å². The van der Waals surface area contributed by atoms with Gasteiger partial charge >= 0.3 is 0 Å². The molecule has 4 nitrogen and oxygen atoms in total. The lowest BCUT2D eigenvalue weighted by Crippen LogP contribution is -2.32. The van der Waals surface area contributed by atoms with Gasteiger partial charge in [-0.15, -0.1) is 0 Å². The third-order valence-corrected chi connectivity index (χ3v) is 4.22. The predicted octanol–water partition coefficient (Wildman–Crippen LogP) is 2.93. The first-order chi connectivity index (χ1) is 10.1. The monoisotopic (exact) mass is 306 g/mol. The lowest BCUT2D eigenvalue weighted by molar-refractivity contribution is 0.477. The van der Waals surface area contributed by atoms with Crippen LogP contribution in [0.3, 0.4) is 0 Å². The van der Waals surface area contributed by atoms with E-state index in [1.807, 2.05) is 31.0 Å². The van der Waals surface area contributed by atoms with Gasteiger partial charge in [0.05, 0.1) is 16.4 Å². The summed E-state index contributed by atoms with van der Waals surface area (Å²) in [4.78, 5) is 4.06. The first kappa shape index (κ1) is 16.0. The van der Waals surface area contributed by atoms with Crippen molar-refractivity contribution in [3.8, 4) is 0 Å². The second kappa shape index (κ2) is 7.57. The molecule has 0 fully saturated rings. The summed E-state index contributed by atoms with van der Waals surface area (Å²) in [6.45, 7) is 5.04. The second-order valence-electron chi connectivity index (χ2n) is 5.32. The average Bonchev–Trinajstić information content (AvgIpc) is 2.72. The van der Waals surface area contributed by atoms with Gasteiger partial charge in [-0.25, -0.2) is 0 Å². The van der Waals surface area contributed by atoms with Crippen LogP contribution < -0.4 is 5.32 Å². The Bertz CT molecular complexity index is 565. The van der Waals surface area contributed by atoms with Gasteiger partial charge in [0, 0.05) is 31.9 Å². The zero-order valence-electron chi connectivity index (χ0n) is 12.9. The van der Waals surface area contributed by atoms with Gasteiger partial charge in [-0.1, -0.05) is 18.5 Å². The van der Waals surface area contributed by atoms with E-state index in [9.17, 15) is 0 Å². The highest BCUT2D eigenvalue weighted by atomic mass is 35.5. The fourth-order valence-electron chi connectivity index (χ4n) is 2.59. The fraction of sp³-hybridized carbons (Fsp3) is 0.500. The molecule has 0 saturated heterocycles. The Kier molecular flexibility index (Phi) is 5.76. The molecule has 1 unspecified atom stereocenters. The Morgan fingerprint density at radius 2 is 2.05 bits per heavy atom. The minimum absolute atomic E-state index is 0.399. The first-order valence-electron chi connectivity index (χ1n) is 7.42. The van der Waals surface area contributed by atoms with E-state index in [0.29, 0.717) is 6.04 Å². The maximum Gasteiger partial charge on any atom is 0.0847 e. The van der Waals surface area contributed by atoms with Crippen LogP contribution in [0.15, 0.2) is 24.5 Å². The van der Waals surface area contributed by atoms with E-state index in [2.05, 4.69) is 34.5 Å². The number of pyridine rings is 1. The van der Waals surface area contributed by atoms with Crippen LogP contribution >= 0.6 is 11.6 Å². The van der Waals surface area contributed by atoms with E-state index in [-0.39, 0.29) is 0 Å². The Morgan fingerprint density at radius 3 is 2.62 bits per heavy atom. The Hall–Kier alpha value is -1.39. The van der Waals surface area contributed by atoms with Crippen molar-refractivity contribution in [3.05, 3.63) is 46.5 Å². The fourth-order valence-corrected chi connectivity index (χ4v) is 2.83. The second-order valence-corrected chi connectivity index (χ2v) is 5.70. The van der Waals surface area contributed by atoms with Crippen molar-refractivity contribution in [3.63, 3.8) is 0 Å². The first-order valence-corrected chi connectivity index (χ1v) is 7.79. The third-order valence-electron chi connectivity index (χ3n) is 3.73. The van der Waals surface area contributed by atoms with Crippen molar-refractivity contribution < 1.29 is 0 Å². The molecule has 0 saturated carbocycles. The lowest BCUT2D eigenvalue weighted by atomic mass is 10.0. The number of nitrogens with one attached hydrogen (secondary N) is 1. The highest BCUT2D eigenvalue weighted by molar-refractivity contribution is 6.31. The number of rotatable bonds is 7. The molecule has 0 aromatic carbocycles. The zero-order chi connectivity index (χ0) is 15.2. The molecule has 0 spiro atoms. The number of likely N-dealkylation sites (N-methyl/N-ethyl adjacent to an activating group) is 1. The number of aryl methyl sites for hydroxylation is 3. The smallest absolute Gasteiger partial charge is 0.0847 e. The average molecular weight is 307 g/mol. The van der Waals surface area contributed by atoms with E-state index in [4.69, 9.17) is 11.6 Å². The highest BCUT2D eigenvalue weighted by Gasteiger charge is 2.16. The molecular formula is C16H23ClN4. The van der Waals surface area contributed by atoms with Crippen LogP contribution in [0.2, 0.25) is 5.02 Å². The Balaban J connectivity index is 2.02.